The first-order valence-corrected chi connectivity index (χ1v) is 6.91. The van der Waals surface area contributed by atoms with Gasteiger partial charge in [-0.2, -0.15) is 0 Å². The molecule has 0 atom stereocenters. The van der Waals surface area contributed by atoms with Crippen molar-refractivity contribution in [2.75, 3.05) is 7.05 Å². The normalized spacial score (nSPS) is 10.9. The molecule has 0 radical (unpaired) electrons. The molecule has 0 fully saturated rings. The van der Waals surface area contributed by atoms with E-state index in [0.717, 1.165) is 34.7 Å². The van der Waals surface area contributed by atoms with Gasteiger partial charge in [0, 0.05) is 19.2 Å². The first kappa shape index (κ1) is 13.3. The second-order valence-corrected chi connectivity index (χ2v) is 5.06. The summed E-state index contributed by atoms with van der Waals surface area (Å²) in [5.41, 5.74) is 3.66. The van der Waals surface area contributed by atoms with Crippen molar-refractivity contribution < 1.29 is 0 Å². The summed E-state index contributed by atoms with van der Waals surface area (Å²) < 4.78 is 3.04. The van der Waals surface area contributed by atoms with Gasteiger partial charge in [0.15, 0.2) is 0 Å². The van der Waals surface area contributed by atoms with E-state index in [1.54, 1.807) is 0 Å². The molecule has 2 aromatic rings. The third-order valence-corrected chi connectivity index (χ3v) is 3.76. The predicted molar refractivity (Wildman–Crippen MR) is 78.5 cm³/mol. The molecule has 0 saturated carbocycles. The van der Waals surface area contributed by atoms with Gasteiger partial charge >= 0.3 is 0 Å². The molecule has 0 bridgehead atoms. The maximum Gasteiger partial charge on any atom is 0.141 e. The highest BCUT2D eigenvalue weighted by Crippen LogP contribution is 2.25. The summed E-state index contributed by atoms with van der Waals surface area (Å²) in [5.74, 6) is 0.995. The van der Waals surface area contributed by atoms with Gasteiger partial charge in [-0.15, -0.1) is 0 Å². The minimum Gasteiger partial charge on any atom is -0.329 e. The number of nitrogens with one attached hydrogen (secondary N) is 1. The van der Waals surface area contributed by atoms with Crippen molar-refractivity contribution in [1.29, 1.82) is 0 Å². The molecule has 0 unspecified atom stereocenters. The van der Waals surface area contributed by atoms with Crippen molar-refractivity contribution in [3.63, 3.8) is 0 Å². The topological polar surface area (TPSA) is 29.9 Å². The lowest BCUT2D eigenvalue weighted by Gasteiger charge is -2.06. The Balaban J connectivity index is 2.40. The van der Waals surface area contributed by atoms with Crippen molar-refractivity contribution in [2.45, 2.75) is 19.9 Å². The Morgan fingerprint density at radius 1 is 1.28 bits per heavy atom. The fourth-order valence-electron chi connectivity index (χ4n) is 2.01. The van der Waals surface area contributed by atoms with Crippen LogP contribution in [-0.4, -0.2) is 16.6 Å². The quantitative estimate of drug-likeness (QED) is 0.940. The van der Waals surface area contributed by atoms with Gasteiger partial charge < -0.3 is 9.88 Å². The molecule has 18 heavy (non-hydrogen) atoms. The first-order chi connectivity index (χ1) is 8.67. The fraction of sp³-hybridized carbons (Fsp3) is 0.357. The van der Waals surface area contributed by atoms with Crippen LogP contribution in [0, 0.1) is 0 Å². The molecule has 1 heterocycles. The lowest BCUT2D eigenvalue weighted by atomic mass is 10.1. The van der Waals surface area contributed by atoms with Crippen LogP contribution in [0.15, 0.2) is 28.9 Å². The van der Waals surface area contributed by atoms with Gasteiger partial charge in [0.05, 0.1) is 5.69 Å². The van der Waals surface area contributed by atoms with Gasteiger partial charge in [0.1, 0.15) is 10.4 Å². The van der Waals surface area contributed by atoms with Crippen molar-refractivity contribution in [3.8, 4) is 11.4 Å². The SMILES string of the molecule is CCc1ccc(-c2nc(Br)c(CNC)n2C)cc1. The second kappa shape index (κ2) is 5.67. The number of hydrogen-bond donors (Lipinski definition) is 1. The molecule has 0 aliphatic carbocycles. The summed E-state index contributed by atoms with van der Waals surface area (Å²) in [6.07, 6.45) is 1.07. The lowest BCUT2D eigenvalue weighted by molar-refractivity contribution is 0.734. The van der Waals surface area contributed by atoms with Crippen LogP contribution in [-0.2, 0) is 20.0 Å². The standard InChI is InChI=1S/C14H18BrN3/c1-4-10-5-7-11(8-6-10)14-17-13(15)12(9-16-2)18(14)3/h5-8,16H,4,9H2,1-3H3. The van der Waals surface area contributed by atoms with Crippen LogP contribution in [0.4, 0.5) is 0 Å². The fourth-order valence-corrected chi connectivity index (χ4v) is 2.58. The van der Waals surface area contributed by atoms with Crippen molar-refractivity contribution in [3.05, 3.63) is 40.1 Å². The molecular formula is C14H18BrN3. The summed E-state index contributed by atoms with van der Waals surface area (Å²) in [6, 6.07) is 8.60. The summed E-state index contributed by atoms with van der Waals surface area (Å²) in [7, 11) is 3.99. The molecule has 1 N–H and O–H groups in total. The number of aryl methyl sites for hydroxylation is 1. The number of nitrogens with zero attached hydrogens (tertiary/aromatic N) is 2. The van der Waals surface area contributed by atoms with Crippen LogP contribution >= 0.6 is 15.9 Å². The number of hydrogen-bond acceptors (Lipinski definition) is 2. The zero-order chi connectivity index (χ0) is 13.1. The Morgan fingerprint density at radius 3 is 2.50 bits per heavy atom. The minimum atomic E-state index is 0.803. The third-order valence-electron chi connectivity index (χ3n) is 3.13. The number of imidazole rings is 1. The lowest BCUT2D eigenvalue weighted by Crippen LogP contribution is -2.10. The Labute approximate surface area is 116 Å². The van der Waals surface area contributed by atoms with E-state index < -0.39 is 0 Å². The summed E-state index contributed by atoms with van der Waals surface area (Å²) in [5, 5.41) is 3.16. The molecule has 0 spiro atoms. The molecule has 2 rings (SSSR count). The number of benzene rings is 1. The van der Waals surface area contributed by atoms with E-state index in [4.69, 9.17) is 0 Å². The van der Waals surface area contributed by atoms with Crippen LogP contribution in [0.5, 0.6) is 0 Å². The van der Waals surface area contributed by atoms with E-state index in [1.165, 1.54) is 5.56 Å². The Morgan fingerprint density at radius 2 is 1.94 bits per heavy atom. The molecule has 0 amide bonds. The Hall–Kier alpha value is -1.13. The number of aromatic nitrogens is 2. The number of rotatable bonds is 4. The van der Waals surface area contributed by atoms with Crippen LogP contribution in [0.25, 0.3) is 11.4 Å². The summed E-state index contributed by atoms with van der Waals surface area (Å²) in [6.45, 7) is 2.97. The van der Waals surface area contributed by atoms with Gasteiger partial charge in [-0.05, 0) is 35.0 Å². The van der Waals surface area contributed by atoms with E-state index >= 15 is 0 Å². The van der Waals surface area contributed by atoms with E-state index in [9.17, 15) is 0 Å². The highest BCUT2D eigenvalue weighted by Gasteiger charge is 2.13. The summed E-state index contributed by atoms with van der Waals surface area (Å²) in [4.78, 5) is 4.59. The van der Waals surface area contributed by atoms with Gasteiger partial charge in [-0.25, -0.2) is 4.98 Å². The number of halogens is 1. The Kier molecular flexibility index (Phi) is 4.19. The maximum absolute atomic E-state index is 4.59. The molecule has 0 aliphatic heterocycles. The molecule has 1 aromatic carbocycles. The van der Waals surface area contributed by atoms with Crippen molar-refractivity contribution >= 4 is 15.9 Å². The molecule has 1 aromatic heterocycles. The van der Waals surface area contributed by atoms with Crippen LogP contribution < -0.4 is 5.32 Å². The van der Waals surface area contributed by atoms with E-state index in [2.05, 4.69) is 62.0 Å². The van der Waals surface area contributed by atoms with Gasteiger partial charge in [0.25, 0.3) is 0 Å². The Bertz CT molecular complexity index is 529. The average molecular weight is 308 g/mol. The van der Waals surface area contributed by atoms with E-state index in [-0.39, 0.29) is 0 Å². The molecule has 0 saturated heterocycles. The van der Waals surface area contributed by atoms with Gasteiger partial charge in [-0.1, -0.05) is 31.2 Å². The molecule has 0 aliphatic rings. The third kappa shape index (κ3) is 2.49. The monoisotopic (exact) mass is 307 g/mol. The zero-order valence-corrected chi connectivity index (χ0v) is 12.6. The van der Waals surface area contributed by atoms with Crippen LogP contribution in [0.2, 0.25) is 0 Å². The van der Waals surface area contributed by atoms with Crippen LogP contribution in [0.1, 0.15) is 18.2 Å². The van der Waals surface area contributed by atoms with Gasteiger partial charge in [0.2, 0.25) is 0 Å². The highest BCUT2D eigenvalue weighted by molar-refractivity contribution is 9.10. The molecular weight excluding hydrogens is 290 g/mol. The van der Waals surface area contributed by atoms with Crippen molar-refractivity contribution in [1.82, 2.24) is 14.9 Å². The van der Waals surface area contributed by atoms with Crippen LogP contribution in [0.3, 0.4) is 0 Å². The minimum absolute atomic E-state index is 0.803. The highest BCUT2D eigenvalue weighted by atomic mass is 79.9. The zero-order valence-electron chi connectivity index (χ0n) is 11.0. The van der Waals surface area contributed by atoms with E-state index in [1.807, 2.05) is 14.1 Å². The maximum atomic E-state index is 4.59. The smallest absolute Gasteiger partial charge is 0.141 e. The van der Waals surface area contributed by atoms with E-state index in [0.29, 0.717) is 0 Å². The predicted octanol–water partition coefficient (Wildman–Crippen LogP) is 3.13. The molecule has 96 valence electrons. The average Bonchev–Trinajstić information content (AvgIpc) is 2.67. The van der Waals surface area contributed by atoms with Crippen molar-refractivity contribution in [2.24, 2.45) is 7.05 Å². The summed E-state index contributed by atoms with van der Waals surface area (Å²) >= 11 is 3.52. The molecule has 3 nitrogen and oxygen atoms in total. The van der Waals surface area contributed by atoms with Gasteiger partial charge in [-0.3, -0.25) is 0 Å². The second-order valence-electron chi connectivity index (χ2n) is 4.31. The molecule has 4 heteroatoms. The largest absolute Gasteiger partial charge is 0.329 e. The first-order valence-electron chi connectivity index (χ1n) is 6.12.